The summed E-state index contributed by atoms with van der Waals surface area (Å²) in [5.41, 5.74) is 1.03. The summed E-state index contributed by atoms with van der Waals surface area (Å²) in [6, 6.07) is 3.43. The number of hydrogen-bond acceptors (Lipinski definition) is 4. The Bertz CT molecular complexity index is 411. The second-order valence-corrected chi connectivity index (χ2v) is 3.57. The van der Waals surface area contributed by atoms with Crippen LogP contribution >= 0.6 is 0 Å². The third-order valence-corrected chi connectivity index (χ3v) is 2.47. The van der Waals surface area contributed by atoms with Crippen LogP contribution in [0.25, 0.3) is 0 Å². The number of carbonyl (C=O) groups excluding carboxylic acids is 1. The van der Waals surface area contributed by atoms with Crippen LogP contribution in [0.1, 0.15) is 22.8 Å². The molecule has 0 amide bonds. The minimum atomic E-state index is -0.486. The van der Waals surface area contributed by atoms with Crippen molar-refractivity contribution in [3.63, 3.8) is 0 Å². The van der Waals surface area contributed by atoms with E-state index in [0.717, 1.165) is 5.56 Å². The van der Waals surface area contributed by atoms with Crippen LogP contribution < -0.4 is 4.74 Å². The van der Waals surface area contributed by atoms with Crippen LogP contribution in [0.4, 0.5) is 0 Å². The van der Waals surface area contributed by atoms with Gasteiger partial charge < -0.3 is 14.6 Å². The van der Waals surface area contributed by atoms with E-state index in [4.69, 9.17) is 9.47 Å². The van der Waals surface area contributed by atoms with Gasteiger partial charge in [-0.15, -0.1) is 0 Å². The molecule has 0 unspecified atom stereocenters. The molecule has 1 N–H and O–H groups in total. The molecule has 15 heavy (non-hydrogen) atoms. The van der Waals surface area contributed by atoms with E-state index in [1.54, 1.807) is 12.1 Å². The van der Waals surface area contributed by atoms with Crippen molar-refractivity contribution >= 4 is 5.97 Å². The molecule has 0 fully saturated rings. The van der Waals surface area contributed by atoms with Crippen molar-refractivity contribution in [2.24, 2.45) is 0 Å². The van der Waals surface area contributed by atoms with Gasteiger partial charge in [0.05, 0.1) is 7.11 Å². The molecule has 1 aromatic carbocycles. The summed E-state index contributed by atoms with van der Waals surface area (Å²) in [7, 11) is 1.44. The molecule has 0 spiro atoms. The predicted molar refractivity (Wildman–Crippen MR) is 53.2 cm³/mol. The number of cyclic esters (lactones) is 1. The van der Waals surface area contributed by atoms with Gasteiger partial charge in [0, 0.05) is 6.42 Å². The van der Waals surface area contributed by atoms with Crippen molar-refractivity contribution in [3.05, 3.63) is 23.3 Å². The van der Waals surface area contributed by atoms with Gasteiger partial charge in [-0.3, -0.25) is 0 Å². The van der Waals surface area contributed by atoms with Gasteiger partial charge in [0.15, 0.2) is 11.5 Å². The Balaban J connectivity index is 2.56. The Labute approximate surface area is 87.4 Å². The van der Waals surface area contributed by atoms with Crippen molar-refractivity contribution in [1.82, 2.24) is 0 Å². The van der Waals surface area contributed by atoms with Crippen molar-refractivity contribution in [1.29, 1.82) is 0 Å². The molecule has 1 aliphatic rings. The molecule has 4 heteroatoms. The number of rotatable bonds is 1. The monoisotopic (exact) mass is 208 g/mol. The molecular formula is C11H12O4. The topological polar surface area (TPSA) is 55.8 Å². The zero-order valence-corrected chi connectivity index (χ0v) is 8.61. The predicted octanol–water partition coefficient (Wildman–Crippen LogP) is 1.50. The van der Waals surface area contributed by atoms with Gasteiger partial charge >= 0.3 is 5.97 Å². The van der Waals surface area contributed by atoms with E-state index in [2.05, 4.69) is 0 Å². The fourth-order valence-corrected chi connectivity index (χ4v) is 1.77. The largest absolute Gasteiger partial charge is 0.504 e. The number of fused-ring (bicyclic) bond motifs is 1. The lowest BCUT2D eigenvalue weighted by Crippen LogP contribution is -2.25. The number of ether oxygens (including phenoxy) is 2. The summed E-state index contributed by atoms with van der Waals surface area (Å²) in [6.45, 7) is 1.82. The van der Waals surface area contributed by atoms with Crippen LogP contribution in [0.3, 0.4) is 0 Å². The zero-order chi connectivity index (χ0) is 11.0. The summed E-state index contributed by atoms with van der Waals surface area (Å²) >= 11 is 0. The quantitative estimate of drug-likeness (QED) is 0.710. The molecule has 0 aliphatic carbocycles. The van der Waals surface area contributed by atoms with Crippen LogP contribution in [-0.2, 0) is 11.2 Å². The standard InChI is InChI=1S/C11H12O4/c1-6-5-7-3-4-8(14-2)10(12)9(7)11(13)15-6/h3-4,6,12H,5H2,1-2H3/t6-/m0/s1. The molecule has 1 aromatic rings. The summed E-state index contributed by atoms with van der Waals surface area (Å²) in [5.74, 6) is -0.327. The highest BCUT2D eigenvalue weighted by Crippen LogP contribution is 2.35. The lowest BCUT2D eigenvalue weighted by molar-refractivity contribution is 0.0296. The molecule has 0 saturated heterocycles. The molecule has 0 saturated carbocycles. The second-order valence-electron chi connectivity index (χ2n) is 3.57. The second kappa shape index (κ2) is 3.46. The van der Waals surface area contributed by atoms with E-state index in [9.17, 15) is 9.90 Å². The first-order valence-corrected chi connectivity index (χ1v) is 4.73. The first kappa shape index (κ1) is 9.83. The van der Waals surface area contributed by atoms with E-state index in [1.165, 1.54) is 7.11 Å². The number of phenolic OH excluding ortho intramolecular Hbond substituents is 1. The SMILES string of the molecule is COc1ccc2c(c1O)C(=O)O[C@@H](C)C2. The lowest BCUT2D eigenvalue weighted by Gasteiger charge is -2.22. The highest BCUT2D eigenvalue weighted by atomic mass is 16.5. The van der Waals surface area contributed by atoms with E-state index in [0.29, 0.717) is 12.2 Å². The Kier molecular flexibility index (Phi) is 2.26. The molecule has 1 heterocycles. The maximum absolute atomic E-state index is 11.5. The Hall–Kier alpha value is -1.71. The normalized spacial score (nSPS) is 19.3. The fourth-order valence-electron chi connectivity index (χ4n) is 1.77. The van der Waals surface area contributed by atoms with Gasteiger partial charge in [-0.05, 0) is 18.6 Å². The van der Waals surface area contributed by atoms with Crippen LogP contribution in [-0.4, -0.2) is 24.3 Å². The minimum absolute atomic E-state index is 0.132. The van der Waals surface area contributed by atoms with Crippen molar-refractivity contribution in [3.8, 4) is 11.5 Å². The van der Waals surface area contributed by atoms with Crippen LogP contribution in [0.15, 0.2) is 12.1 Å². The number of esters is 1. The van der Waals surface area contributed by atoms with E-state index in [1.807, 2.05) is 6.92 Å². The first-order valence-electron chi connectivity index (χ1n) is 4.73. The number of hydrogen-bond donors (Lipinski definition) is 1. The molecule has 1 aliphatic heterocycles. The molecular weight excluding hydrogens is 196 g/mol. The third kappa shape index (κ3) is 1.52. The number of phenols is 1. The Morgan fingerprint density at radius 2 is 2.27 bits per heavy atom. The van der Waals surface area contributed by atoms with Gasteiger partial charge in [0.2, 0.25) is 0 Å². The Morgan fingerprint density at radius 1 is 1.53 bits per heavy atom. The fraction of sp³-hybridized carbons (Fsp3) is 0.364. The maximum atomic E-state index is 11.5. The molecule has 80 valence electrons. The average Bonchev–Trinajstić information content (AvgIpc) is 2.17. The molecule has 0 aromatic heterocycles. The highest BCUT2D eigenvalue weighted by Gasteiger charge is 2.28. The third-order valence-electron chi connectivity index (χ3n) is 2.47. The van der Waals surface area contributed by atoms with Crippen LogP contribution in [0.2, 0.25) is 0 Å². The summed E-state index contributed by atoms with van der Waals surface area (Å²) in [4.78, 5) is 11.5. The molecule has 1 atom stereocenters. The van der Waals surface area contributed by atoms with Gasteiger partial charge in [-0.2, -0.15) is 0 Å². The van der Waals surface area contributed by atoms with Gasteiger partial charge in [-0.25, -0.2) is 4.79 Å². The van der Waals surface area contributed by atoms with E-state index >= 15 is 0 Å². The molecule has 2 rings (SSSR count). The maximum Gasteiger partial charge on any atom is 0.342 e. The van der Waals surface area contributed by atoms with Crippen molar-refractivity contribution < 1.29 is 19.4 Å². The smallest absolute Gasteiger partial charge is 0.342 e. The van der Waals surface area contributed by atoms with Gasteiger partial charge in [0.1, 0.15) is 11.7 Å². The summed E-state index contributed by atoms with van der Waals surface area (Å²) < 4.78 is 9.97. The van der Waals surface area contributed by atoms with E-state index < -0.39 is 5.97 Å². The molecule has 4 nitrogen and oxygen atoms in total. The number of benzene rings is 1. The number of methoxy groups -OCH3 is 1. The number of carbonyl (C=O) groups is 1. The molecule has 0 bridgehead atoms. The zero-order valence-electron chi connectivity index (χ0n) is 8.61. The molecule has 0 radical (unpaired) electrons. The van der Waals surface area contributed by atoms with Crippen LogP contribution in [0, 0.1) is 0 Å². The lowest BCUT2D eigenvalue weighted by atomic mass is 9.98. The van der Waals surface area contributed by atoms with E-state index in [-0.39, 0.29) is 17.4 Å². The van der Waals surface area contributed by atoms with Crippen molar-refractivity contribution in [2.75, 3.05) is 7.11 Å². The number of aromatic hydroxyl groups is 1. The summed E-state index contributed by atoms with van der Waals surface area (Å²) in [5, 5.41) is 9.77. The highest BCUT2D eigenvalue weighted by molar-refractivity contribution is 5.96. The Morgan fingerprint density at radius 3 is 2.93 bits per heavy atom. The average molecular weight is 208 g/mol. The minimum Gasteiger partial charge on any atom is -0.504 e. The van der Waals surface area contributed by atoms with Gasteiger partial charge in [-0.1, -0.05) is 6.07 Å². The first-order chi connectivity index (χ1) is 7.13. The summed E-state index contributed by atoms with van der Waals surface area (Å²) in [6.07, 6.45) is 0.483. The van der Waals surface area contributed by atoms with Crippen molar-refractivity contribution in [2.45, 2.75) is 19.4 Å². The van der Waals surface area contributed by atoms with Gasteiger partial charge in [0.25, 0.3) is 0 Å². The van der Waals surface area contributed by atoms with Crippen LogP contribution in [0.5, 0.6) is 11.5 Å².